The molecule has 0 radical (unpaired) electrons. The fourth-order valence-electron chi connectivity index (χ4n) is 2.80. The Bertz CT molecular complexity index is 592. The minimum absolute atomic E-state index is 0.0276. The van der Waals surface area contributed by atoms with Crippen molar-refractivity contribution in [3.63, 3.8) is 0 Å². The Labute approximate surface area is 123 Å². The number of carbonyl (C=O) groups excluding carboxylic acids is 1. The third-order valence-electron chi connectivity index (χ3n) is 3.92. The van der Waals surface area contributed by atoms with Gasteiger partial charge in [0.25, 0.3) is 0 Å². The van der Waals surface area contributed by atoms with Gasteiger partial charge in [-0.15, -0.1) is 0 Å². The van der Waals surface area contributed by atoms with E-state index in [4.69, 9.17) is 0 Å². The number of rotatable bonds is 4. The summed E-state index contributed by atoms with van der Waals surface area (Å²) >= 11 is 0. The van der Waals surface area contributed by atoms with Crippen molar-refractivity contribution in [3.05, 3.63) is 36.3 Å². The number of urea groups is 1. The van der Waals surface area contributed by atoms with E-state index in [1.165, 1.54) is 0 Å². The molecule has 2 N–H and O–H groups in total. The monoisotopic (exact) mass is 288 g/mol. The number of likely N-dealkylation sites (tertiary alicyclic amines) is 1. The van der Waals surface area contributed by atoms with Gasteiger partial charge >= 0.3 is 6.03 Å². The number of amides is 2. The highest BCUT2D eigenvalue weighted by Gasteiger charge is 2.27. The van der Waals surface area contributed by atoms with Crippen molar-refractivity contribution in [1.82, 2.24) is 19.6 Å². The van der Waals surface area contributed by atoms with Crippen LogP contribution in [0.3, 0.4) is 0 Å². The smallest absolute Gasteiger partial charge is 0.317 e. The van der Waals surface area contributed by atoms with Crippen LogP contribution in [-0.4, -0.2) is 51.2 Å². The number of aliphatic hydroxyl groups excluding tert-OH is 1. The van der Waals surface area contributed by atoms with Crippen LogP contribution in [0.2, 0.25) is 0 Å². The van der Waals surface area contributed by atoms with Gasteiger partial charge in [-0.2, -0.15) is 0 Å². The van der Waals surface area contributed by atoms with Crippen molar-refractivity contribution in [2.75, 3.05) is 19.7 Å². The first kappa shape index (κ1) is 13.9. The third-order valence-corrected chi connectivity index (χ3v) is 3.92. The van der Waals surface area contributed by atoms with Crippen LogP contribution in [0.15, 0.2) is 30.6 Å². The molecule has 1 atom stereocenters. The summed E-state index contributed by atoms with van der Waals surface area (Å²) in [5.41, 5.74) is 1.88. The number of hydrogen-bond acceptors (Lipinski definition) is 3. The Morgan fingerprint density at radius 2 is 2.38 bits per heavy atom. The van der Waals surface area contributed by atoms with E-state index in [0.29, 0.717) is 13.0 Å². The summed E-state index contributed by atoms with van der Waals surface area (Å²) in [6.45, 7) is 1.32. The minimum atomic E-state index is -0.0877. The molecule has 3 heterocycles. The summed E-state index contributed by atoms with van der Waals surface area (Å²) in [5.74, 6) is 0. The first-order chi connectivity index (χ1) is 10.3. The summed E-state index contributed by atoms with van der Waals surface area (Å²) in [6, 6.07) is 5.76. The predicted molar refractivity (Wildman–Crippen MR) is 79.1 cm³/mol. The Morgan fingerprint density at radius 3 is 3.19 bits per heavy atom. The number of carbonyl (C=O) groups is 1. The average Bonchev–Trinajstić information content (AvgIpc) is 3.12. The van der Waals surface area contributed by atoms with Crippen molar-refractivity contribution in [3.8, 4) is 0 Å². The van der Waals surface area contributed by atoms with E-state index >= 15 is 0 Å². The van der Waals surface area contributed by atoms with E-state index in [1.807, 2.05) is 35.0 Å². The normalized spacial score (nSPS) is 18.3. The number of fused-ring (bicyclic) bond motifs is 1. The molecular weight excluding hydrogens is 268 g/mol. The molecule has 6 heteroatoms. The van der Waals surface area contributed by atoms with E-state index in [0.717, 1.165) is 30.7 Å². The molecule has 1 aliphatic rings. The molecule has 21 heavy (non-hydrogen) atoms. The van der Waals surface area contributed by atoms with Crippen LogP contribution < -0.4 is 5.32 Å². The lowest BCUT2D eigenvalue weighted by atomic mass is 10.2. The summed E-state index contributed by atoms with van der Waals surface area (Å²) in [5, 5.41) is 12.1. The van der Waals surface area contributed by atoms with Crippen LogP contribution in [0.4, 0.5) is 4.79 Å². The van der Waals surface area contributed by atoms with Gasteiger partial charge in [-0.1, -0.05) is 6.07 Å². The van der Waals surface area contributed by atoms with Crippen LogP contribution in [0, 0.1) is 0 Å². The predicted octanol–water partition coefficient (Wildman–Crippen LogP) is 1.04. The van der Waals surface area contributed by atoms with Gasteiger partial charge < -0.3 is 19.7 Å². The standard InChI is InChI=1S/C15H20N4O2/c20-11-13-4-3-9-19(13)15(21)16-7-6-12-10-18-8-2-1-5-14(18)17-12/h1-2,5,8,10,13,20H,3-4,6-7,9,11H2,(H,16,21). The van der Waals surface area contributed by atoms with Crippen molar-refractivity contribution < 1.29 is 9.90 Å². The third kappa shape index (κ3) is 3.00. The second kappa shape index (κ2) is 6.13. The second-order valence-electron chi connectivity index (χ2n) is 5.35. The van der Waals surface area contributed by atoms with E-state index in [2.05, 4.69) is 10.3 Å². The molecule has 0 spiro atoms. The van der Waals surface area contributed by atoms with Gasteiger partial charge in [0.2, 0.25) is 0 Å². The van der Waals surface area contributed by atoms with E-state index in [1.54, 1.807) is 4.90 Å². The summed E-state index contributed by atoms with van der Waals surface area (Å²) in [7, 11) is 0. The zero-order valence-electron chi connectivity index (χ0n) is 11.9. The number of hydrogen-bond donors (Lipinski definition) is 2. The van der Waals surface area contributed by atoms with Crippen molar-refractivity contribution in [2.45, 2.75) is 25.3 Å². The average molecular weight is 288 g/mol. The molecule has 1 unspecified atom stereocenters. The molecule has 1 fully saturated rings. The van der Waals surface area contributed by atoms with Gasteiger partial charge in [0.05, 0.1) is 18.3 Å². The topological polar surface area (TPSA) is 69.9 Å². The van der Waals surface area contributed by atoms with Gasteiger partial charge in [-0.3, -0.25) is 0 Å². The fourth-order valence-corrected chi connectivity index (χ4v) is 2.80. The number of pyridine rings is 1. The van der Waals surface area contributed by atoms with Crippen LogP contribution in [0.25, 0.3) is 5.65 Å². The largest absolute Gasteiger partial charge is 0.394 e. The molecule has 0 aliphatic carbocycles. The minimum Gasteiger partial charge on any atom is -0.394 e. The highest BCUT2D eigenvalue weighted by atomic mass is 16.3. The van der Waals surface area contributed by atoms with Crippen LogP contribution in [0.1, 0.15) is 18.5 Å². The highest BCUT2D eigenvalue weighted by molar-refractivity contribution is 5.74. The molecule has 0 saturated carbocycles. The molecule has 0 bridgehead atoms. The molecule has 6 nitrogen and oxygen atoms in total. The van der Waals surface area contributed by atoms with Crippen LogP contribution in [0.5, 0.6) is 0 Å². The summed E-state index contributed by atoms with van der Waals surface area (Å²) < 4.78 is 1.97. The molecule has 1 aliphatic heterocycles. The van der Waals surface area contributed by atoms with Gasteiger partial charge in [0.15, 0.2) is 0 Å². The highest BCUT2D eigenvalue weighted by Crippen LogP contribution is 2.16. The Balaban J connectivity index is 1.52. The van der Waals surface area contributed by atoms with Gasteiger partial charge in [-0.25, -0.2) is 9.78 Å². The zero-order valence-corrected chi connectivity index (χ0v) is 11.9. The molecule has 1 saturated heterocycles. The van der Waals surface area contributed by atoms with Gasteiger partial charge in [-0.05, 0) is 25.0 Å². The maximum absolute atomic E-state index is 12.1. The number of nitrogens with one attached hydrogen (secondary N) is 1. The van der Waals surface area contributed by atoms with Crippen LogP contribution >= 0.6 is 0 Å². The van der Waals surface area contributed by atoms with Crippen molar-refractivity contribution >= 4 is 11.7 Å². The quantitative estimate of drug-likeness (QED) is 0.883. The molecule has 112 valence electrons. The second-order valence-corrected chi connectivity index (χ2v) is 5.35. The lowest BCUT2D eigenvalue weighted by Crippen LogP contribution is -2.44. The van der Waals surface area contributed by atoms with Gasteiger partial charge in [0, 0.05) is 31.9 Å². The van der Waals surface area contributed by atoms with Crippen LogP contribution in [-0.2, 0) is 6.42 Å². The lowest BCUT2D eigenvalue weighted by molar-refractivity contribution is 0.157. The number of aromatic nitrogens is 2. The SMILES string of the molecule is O=C(NCCc1cn2ccccc2n1)N1CCCC1CO. The summed E-state index contributed by atoms with van der Waals surface area (Å²) in [6.07, 6.45) is 6.49. The van der Waals surface area contributed by atoms with Gasteiger partial charge in [0.1, 0.15) is 5.65 Å². The Hall–Kier alpha value is -2.08. The molecule has 3 rings (SSSR count). The maximum atomic E-state index is 12.1. The Kier molecular flexibility index (Phi) is 4.06. The number of aliphatic hydroxyl groups is 1. The first-order valence-corrected chi connectivity index (χ1v) is 7.36. The molecule has 2 aromatic heterocycles. The molecule has 2 amide bonds. The number of nitrogens with zero attached hydrogens (tertiary/aromatic N) is 3. The maximum Gasteiger partial charge on any atom is 0.317 e. The molecule has 2 aromatic rings. The first-order valence-electron chi connectivity index (χ1n) is 7.36. The zero-order chi connectivity index (χ0) is 14.7. The number of imidazole rings is 1. The molecular formula is C15H20N4O2. The Morgan fingerprint density at radius 1 is 1.48 bits per heavy atom. The van der Waals surface area contributed by atoms with E-state index < -0.39 is 0 Å². The van der Waals surface area contributed by atoms with Crippen molar-refractivity contribution in [2.24, 2.45) is 0 Å². The fraction of sp³-hybridized carbons (Fsp3) is 0.467. The van der Waals surface area contributed by atoms with E-state index in [9.17, 15) is 9.90 Å². The summed E-state index contributed by atoms with van der Waals surface area (Å²) in [4.78, 5) is 18.3. The van der Waals surface area contributed by atoms with E-state index in [-0.39, 0.29) is 18.7 Å². The molecule has 0 aromatic carbocycles. The van der Waals surface area contributed by atoms with Crippen molar-refractivity contribution in [1.29, 1.82) is 0 Å². The lowest BCUT2D eigenvalue weighted by Gasteiger charge is -2.23.